The first kappa shape index (κ1) is 18.3. The minimum absolute atomic E-state index is 0.131. The van der Waals surface area contributed by atoms with Crippen LogP contribution in [0.4, 0.5) is 5.69 Å². The van der Waals surface area contributed by atoms with Crippen LogP contribution in [0.15, 0.2) is 72.9 Å². The zero-order chi connectivity index (χ0) is 20.7. The van der Waals surface area contributed by atoms with Crippen LogP contribution in [0.1, 0.15) is 10.5 Å². The van der Waals surface area contributed by atoms with Crippen molar-refractivity contribution in [2.75, 3.05) is 12.1 Å². The fourth-order valence-corrected chi connectivity index (χ4v) is 3.60. The van der Waals surface area contributed by atoms with Gasteiger partial charge in [-0.25, -0.2) is 0 Å². The molecule has 2 aromatic heterocycles. The highest BCUT2D eigenvalue weighted by atomic mass is 35.5. The number of ketones is 1. The zero-order valence-electron chi connectivity index (χ0n) is 15.6. The summed E-state index contributed by atoms with van der Waals surface area (Å²) in [6.07, 6.45) is 1.76. The Morgan fingerprint density at radius 1 is 0.933 bits per heavy atom. The Kier molecular flexibility index (Phi) is 4.41. The Morgan fingerprint density at radius 2 is 1.73 bits per heavy atom. The fraction of sp³-hybridized carbons (Fsp3) is 0.0435. The molecular weight excluding hydrogens is 404 g/mol. The van der Waals surface area contributed by atoms with Crippen LogP contribution in [0.5, 0.6) is 11.5 Å². The predicted octanol–water partition coefficient (Wildman–Crippen LogP) is 4.81. The highest BCUT2D eigenvalue weighted by molar-refractivity contribution is 6.47. The molecule has 0 saturated carbocycles. The van der Waals surface area contributed by atoms with Gasteiger partial charge in [0, 0.05) is 34.1 Å². The van der Waals surface area contributed by atoms with Crippen LogP contribution in [-0.4, -0.2) is 22.9 Å². The second kappa shape index (κ2) is 7.24. The summed E-state index contributed by atoms with van der Waals surface area (Å²) in [5, 5.41) is 3.25. The van der Waals surface area contributed by atoms with E-state index in [-0.39, 0.29) is 12.5 Å². The summed E-state index contributed by atoms with van der Waals surface area (Å²) in [6, 6.07) is 19.6. The second-order valence-corrected chi connectivity index (χ2v) is 7.20. The van der Waals surface area contributed by atoms with Gasteiger partial charge in [-0.2, -0.15) is 0 Å². The van der Waals surface area contributed by atoms with Gasteiger partial charge >= 0.3 is 0 Å². The first-order chi connectivity index (χ1) is 14.6. The molecule has 0 aliphatic carbocycles. The van der Waals surface area contributed by atoms with Crippen molar-refractivity contribution < 1.29 is 19.1 Å². The lowest BCUT2D eigenvalue weighted by Crippen LogP contribution is -2.24. The van der Waals surface area contributed by atoms with Gasteiger partial charge in [0.2, 0.25) is 6.79 Å². The van der Waals surface area contributed by atoms with Crippen LogP contribution in [0.2, 0.25) is 5.02 Å². The van der Waals surface area contributed by atoms with E-state index in [1.165, 1.54) is 0 Å². The Balaban J connectivity index is 1.53. The summed E-state index contributed by atoms with van der Waals surface area (Å²) in [5.41, 5.74) is 2.99. The van der Waals surface area contributed by atoms with Crippen LogP contribution in [0.3, 0.4) is 0 Å². The lowest BCUT2D eigenvalue weighted by molar-refractivity contribution is -0.112. The van der Waals surface area contributed by atoms with E-state index in [0.29, 0.717) is 27.8 Å². The molecule has 0 unspecified atom stereocenters. The van der Waals surface area contributed by atoms with Crippen molar-refractivity contribution >= 4 is 34.5 Å². The van der Waals surface area contributed by atoms with Crippen molar-refractivity contribution in [2.24, 2.45) is 0 Å². The average molecular weight is 419 g/mol. The Labute approximate surface area is 176 Å². The molecule has 2 aromatic carbocycles. The van der Waals surface area contributed by atoms with Crippen LogP contribution >= 0.6 is 11.6 Å². The number of nitrogens with zero attached hydrogens (tertiary/aromatic N) is 1. The number of hydrogen-bond donors (Lipinski definition) is 1. The molecule has 1 aliphatic heterocycles. The van der Waals surface area contributed by atoms with Gasteiger partial charge in [0.1, 0.15) is 5.69 Å². The molecule has 0 fully saturated rings. The van der Waals surface area contributed by atoms with E-state index in [9.17, 15) is 9.59 Å². The monoisotopic (exact) mass is 418 g/mol. The lowest BCUT2D eigenvalue weighted by Gasteiger charge is -2.08. The maximum Gasteiger partial charge on any atom is 0.298 e. The number of anilines is 1. The SMILES string of the molecule is O=C(Nc1ccc2c(c1)OCO2)C(=O)c1c(-c2ccc(Cl)cc2)cc2ccccn12. The van der Waals surface area contributed by atoms with E-state index < -0.39 is 11.7 Å². The molecule has 0 atom stereocenters. The smallest absolute Gasteiger partial charge is 0.298 e. The molecule has 1 amide bonds. The summed E-state index contributed by atoms with van der Waals surface area (Å²) in [7, 11) is 0. The first-order valence-electron chi connectivity index (χ1n) is 9.21. The summed E-state index contributed by atoms with van der Waals surface area (Å²) in [6.45, 7) is 0.131. The number of amides is 1. The largest absolute Gasteiger partial charge is 0.454 e. The van der Waals surface area contributed by atoms with E-state index >= 15 is 0 Å². The number of carbonyl (C=O) groups excluding carboxylic acids is 2. The van der Waals surface area contributed by atoms with E-state index in [2.05, 4.69) is 5.32 Å². The highest BCUT2D eigenvalue weighted by Crippen LogP contribution is 2.34. The molecule has 0 bridgehead atoms. The number of Topliss-reactive ketones (excluding diaryl/α,β-unsaturated/α-hetero) is 1. The Morgan fingerprint density at radius 3 is 2.57 bits per heavy atom. The van der Waals surface area contributed by atoms with Crippen molar-refractivity contribution in [3.05, 3.63) is 83.6 Å². The highest BCUT2D eigenvalue weighted by Gasteiger charge is 2.25. The molecule has 0 saturated heterocycles. The molecule has 0 spiro atoms. The van der Waals surface area contributed by atoms with Crippen LogP contribution < -0.4 is 14.8 Å². The number of benzene rings is 2. The van der Waals surface area contributed by atoms with Gasteiger partial charge < -0.3 is 19.2 Å². The summed E-state index contributed by atoms with van der Waals surface area (Å²) >= 11 is 6.01. The fourth-order valence-electron chi connectivity index (χ4n) is 3.47. The number of pyridine rings is 1. The van der Waals surface area contributed by atoms with Gasteiger partial charge in [0.05, 0.1) is 0 Å². The number of aromatic nitrogens is 1. The molecule has 4 aromatic rings. The number of nitrogens with one attached hydrogen (secondary N) is 1. The number of rotatable bonds is 4. The maximum atomic E-state index is 13.2. The van der Waals surface area contributed by atoms with Crippen molar-refractivity contribution in [2.45, 2.75) is 0 Å². The topological polar surface area (TPSA) is 69.0 Å². The Bertz CT molecular complexity index is 1290. The van der Waals surface area contributed by atoms with Crippen molar-refractivity contribution in [3.8, 4) is 22.6 Å². The summed E-state index contributed by atoms with van der Waals surface area (Å²) in [5.74, 6) is -0.270. The number of halogens is 1. The van der Waals surface area contributed by atoms with E-state index in [1.807, 2.05) is 36.4 Å². The second-order valence-electron chi connectivity index (χ2n) is 6.76. The van der Waals surface area contributed by atoms with Gasteiger partial charge in [-0.1, -0.05) is 29.8 Å². The van der Waals surface area contributed by atoms with Gasteiger partial charge in [-0.05, 0) is 48.0 Å². The molecule has 3 heterocycles. The van der Waals surface area contributed by atoms with Gasteiger partial charge in [-0.15, -0.1) is 0 Å². The molecule has 7 heteroatoms. The molecule has 1 N–H and O–H groups in total. The van der Waals surface area contributed by atoms with Crippen LogP contribution in [0, 0.1) is 0 Å². The number of ether oxygens (including phenoxy) is 2. The maximum absolute atomic E-state index is 13.2. The molecule has 0 radical (unpaired) electrons. The van der Waals surface area contributed by atoms with Crippen molar-refractivity contribution in [1.82, 2.24) is 4.40 Å². The standard InChI is InChI=1S/C23H15ClN2O4/c24-15-6-4-14(5-7-15)18-12-17-3-1-2-10-26(17)21(18)22(27)23(28)25-16-8-9-19-20(11-16)30-13-29-19/h1-12H,13H2,(H,25,28). The predicted molar refractivity (Wildman–Crippen MR) is 113 cm³/mol. The molecule has 1 aliphatic rings. The molecule has 30 heavy (non-hydrogen) atoms. The van der Waals surface area contributed by atoms with Gasteiger partial charge in [-0.3, -0.25) is 9.59 Å². The average Bonchev–Trinajstić information content (AvgIpc) is 3.37. The van der Waals surface area contributed by atoms with Crippen molar-refractivity contribution in [1.29, 1.82) is 0 Å². The van der Waals surface area contributed by atoms with Crippen LogP contribution in [0.25, 0.3) is 16.6 Å². The third-order valence-electron chi connectivity index (χ3n) is 4.89. The normalized spacial score (nSPS) is 12.2. The molecule has 6 nitrogen and oxygen atoms in total. The minimum atomic E-state index is -0.743. The van der Waals surface area contributed by atoms with Crippen molar-refractivity contribution in [3.63, 3.8) is 0 Å². The first-order valence-corrected chi connectivity index (χ1v) is 9.59. The van der Waals surface area contributed by atoms with Gasteiger partial charge in [0.25, 0.3) is 11.7 Å². The quantitative estimate of drug-likeness (QED) is 0.381. The van der Waals surface area contributed by atoms with Crippen LogP contribution in [-0.2, 0) is 4.79 Å². The third kappa shape index (κ3) is 3.17. The molecule has 5 rings (SSSR count). The molecule has 148 valence electrons. The number of carbonyl (C=O) groups is 2. The molecular formula is C23H15ClN2O4. The van der Waals surface area contributed by atoms with E-state index in [0.717, 1.165) is 11.1 Å². The number of hydrogen-bond acceptors (Lipinski definition) is 4. The zero-order valence-corrected chi connectivity index (χ0v) is 16.3. The van der Waals surface area contributed by atoms with Gasteiger partial charge in [0.15, 0.2) is 11.5 Å². The Hall–Kier alpha value is -3.77. The number of fused-ring (bicyclic) bond motifs is 2. The minimum Gasteiger partial charge on any atom is -0.454 e. The summed E-state index contributed by atoms with van der Waals surface area (Å²) < 4.78 is 12.3. The van der Waals surface area contributed by atoms with E-state index in [4.69, 9.17) is 21.1 Å². The van der Waals surface area contributed by atoms with E-state index in [1.54, 1.807) is 40.9 Å². The summed E-state index contributed by atoms with van der Waals surface area (Å²) in [4.78, 5) is 26.0. The lowest BCUT2D eigenvalue weighted by atomic mass is 10.0. The third-order valence-corrected chi connectivity index (χ3v) is 5.14.